The van der Waals surface area contributed by atoms with E-state index in [0.717, 1.165) is 41.0 Å². The Morgan fingerprint density at radius 1 is 1.31 bits per heavy atom. The molecule has 4 heterocycles. The van der Waals surface area contributed by atoms with Gasteiger partial charge in [0.1, 0.15) is 5.69 Å². The molecule has 1 aromatic carbocycles. The largest absolute Gasteiger partial charge is 0.481 e. The Balaban J connectivity index is 1.39. The van der Waals surface area contributed by atoms with Gasteiger partial charge in [-0.2, -0.15) is 0 Å². The van der Waals surface area contributed by atoms with Crippen molar-refractivity contribution >= 4 is 51.6 Å². The Kier molecular flexibility index (Phi) is 6.73. The molecule has 0 saturated carbocycles. The number of hydrogen-bond acceptors (Lipinski definition) is 7. The van der Waals surface area contributed by atoms with Crippen LogP contribution in [0.1, 0.15) is 43.7 Å². The van der Waals surface area contributed by atoms with E-state index < -0.39 is 23.5 Å². The molecule has 5 rings (SSSR count). The van der Waals surface area contributed by atoms with E-state index in [4.69, 9.17) is 11.6 Å². The molecule has 0 radical (unpaired) electrons. The second kappa shape index (κ2) is 9.81. The van der Waals surface area contributed by atoms with Gasteiger partial charge in [-0.3, -0.25) is 14.4 Å². The number of likely N-dealkylation sites (N-methyl/N-ethyl adjacent to an activating group) is 1. The molecule has 2 aliphatic heterocycles. The molecule has 2 atom stereocenters. The number of aliphatic carboxylic acids is 1. The van der Waals surface area contributed by atoms with Crippen LogP contribution < -0.4 is 16.0 Å². The average Bonchev–Trinajstić information content (AvgIpc) is 3.43. The number of hydrogen-bond donors (Lipinski definition) is 5. The smallest absolute Gasteiger partial charge is 0.305 e. The first kappa shape index (κ1) is 24.7. The minimum absolute atomic E-state index is 0.201. The Hall–Kier alpha value is -2.99. The second-order valence-electron chi connectivity index (χ2n) is 9.46. The molecule has 1 saturated heterocycles. The molecule has 12 heteroatoms. The summed E-state index contributed by atoms with van der Waals surface area (Å²) in [7, 11) is 2.02. The number of aromatic amines is 1. The first-order chi connectivity index (χ1) is 17.2. The first-order valence-corrected chi connectivity index (χ1v) is 12.9. The van der Waals surface area contributed by atoms with Gasteiger partial charge in [-0.05, 0) is 44.3 Å². The van der Waals surface area contributed by atoms with Crippen LogP contribution in [0.3, 0.4) is 0 Å². The topological polar surface area (TPSA) is 139 Å². The summed E-state index contributed by atoms with van der Waals surface area (Å²) in [5.74, 6) is -1.88. The summed E-state index contributed by atoms with van der Waals surface area (Å²) in [5.41, 5.74) is 0.784. The van der Waals surface area contributed by atoms with Gasteiger partial charge in [0.25, 0.3) is 11.8 Å². The molecular weight excluding hydrogens is 504 g/mol. The number of piperidine rings is 1. The summed E-state index contributed by atoms with van der Waals surface area (Å²) in [6, 6.07) is 6.37. The third-order valence-corrected chi connectivity index (χ3v) is 8.11. The number of carbonyl (C=O) groups excluding carboxylic acids is 2. The molecule has 0 unspecified atom stereocenters. The second-order valence-corrected chi connectivity index (χ2v) is 11.0. The molecule has 1 fully saturated rings. The van der Waals surface area contributed by atoms with Crippen molar-refractivity contribution in [2.75, 3.05) is 26.7 Å². The quantitative estimate of drug-likeness (QED) is 0.328. The fourth-order valence-electron chi connectivity index (χ4n) is 4.96. The van der Waals surface area contributed by atoms with Gasteiger partial charge in [0, 0.05) is 46.9 Å². The minimum atomic E-state index is -1.23. The zero-order chi connectivity index (χ0) is 25.4. The Morgan fingerprint density at radius 3 is 2.94 bits per heavy atom. The number of carboxylic acids is 1. The van der Waals surface area contributed by atoms with E-state index in [0.29, 0.717) is 28.7 Å². The summed E-state index contributed by atoms with van der Waals surface area (Å²) in [6.07, 6.45) is 0.864. The van der Waals surface area contributed by atoms with Gasteiger partial charge in [-0.15, -0.1) is 11.3 Å². The monoisotopic (exact) mass is 530 g/mol. The number of thiazole rings is 1. The number of nitrogens with one attached hydrogen (secondary N) is 4. The van der Waals surface area contributed by atoms with Gasteiger partial charge < -0.3 is 30.9 Å². The van der Waals surface area contributed by atoms with Crippen LogP contribution in [0, 0.1) is 0 Å². The molecular formula is C24H27ClN6O4S. The van der Waals surface area contributed by atoms with Crippen LogP contribution in [0.15, 0.2) is 24.3 Å². The summed E-state index contributed by atoms with van der Waals surface area (Å²) < 4.78 is 0. The van der Waals surface area contributed by atoms with Gasteiger partial charge in [0.2, 0.25) is 0 Å². The van der Waals surface area contributed by atoms with Gasteiger partial charge in [0.05, 0.1) is 23.7 Å². The SMILES string of the molecule is CN1CCc2nc(C(=O)N[C@]3(CC(=O)O)CNCC[C@@H]3NC(=O)c3cc4cc(Cl)ccc4[nH]3)sc2C1. The van der Waals surface area contributed by atoms with Crippen molar-refractivity contribution in [2.24, 2.45) is 0 Å². The predicted octanol–water partition coefficient (Wildman–Crippen LogP) is 2.00. The van der Waals surface area contributed by atoms with E-state index in [2.05, 4.69) is 30.8 Å². The maximum Gasteiger partial charge on any atom is 0.305 e. The molecule has 0 bridgehead atoms. The number of halogens is 1. The summed E-state index contributed by atoms with van der Waals surface area (Å²) in [4.78, 5) is 49.2. The highest BCUT2D eigenvalue weighted by Gasteiger charge is 2.45. The highest BCUT2D eigenvalue weighted by Crippen LogP contribution is 2.27. The lowest BCUT2D eigenvalue weighted by Crippen LogP contribution is -2.70. The molecule has 2 amide bonds. The number of fused-ring (bicyclic) bond motifs is 2. The highest BCUT2D eigenvalue weighted by atomic mass is 35.5. The maximum absolute atomic E-state index is 13.3. The zero-order valence-electron chi connectivity index (χ0n) is 19.7. The summed E-state index contributed by atoms with van der Waals surface area (Å²) in [5, 5.41) is 20.5. The number of H-pyrrole nitrogens is 1. The fourth-order valence-corrected chi connectivity index (χ4v) is 6.22. The van der Waals surface area contributed by atoms with E-state index in [9.17, 15) is 19.5 Å². The lowest BCUT2D eigenvalue weighted by atomic mass is 9.81. The Morgan fingerprint density at radius 2 is 2.14 bits per heavy atom. The Bertz CT molecular complexity index is 1340. The van der Waals surface area contributed by atoms with Crippen LogP contribution in [-0.2, 0) is 17.8 Å². The highest BCUT2D eigenvalue weighted by molar-refractivity contribution is 7.13. The number of rotatable bonds is 6. The molecule has 10 nitrogen and oxygen atoms in total. The van der Waals surface area contributed by atoms with Gasteiger partial charge in [-0.25, -0.2) is 4.98 Å². The van der Waals surface area contributed by atoms with Gasteiger partial charge in [-0.1, -0.05) is 11.6 Å². The van der Waals surface area contributed by atoms with E-state index in [1.54, 1.807) is 24.3 Å². The van der Waals surface area contributed by atoms with Gasteiger partial charge >= 0.3 is 5.97 Å². The molecule has 3 aromatic rings. The van der Waals surface area contributed by atoms with E-state index in [1.165, 1.54) is 11.3 Å². The lowest BCUT2D eigenvalue weighted by molar-refractivity contribution is -0.139. The third-order valence-electron chi connectivity index (χ3n) is 6.80. The number of benzene rings is 1. The predicted molar refractivity (Wildman–Crippen MR) is 137 cm³/mol. The van der Waals surface area contributed by atoms with Crippen molar-refractivity contribution < 1.29 is 19.5 Å². The molecule has 36 heavy (non-hydrogen) atoms. The number of aromatic nitrogens is 2. The lowest BCUT2D eigenvalue weighted by Gasteiger charge is -2.44. The number of nitrogens with zero attached hydrogens (tertiary/aromatic N) is 2. The zero-order valence-corrected chi connectivity index (χ0v) is 21.3. The number of carboxylic acid groups (broad SMARTS) is 1. The molecule has 2 aromatic heterocycles. The minimum Gasteiger partial charge on any atom is -0.481 e. The van der Waals surface area contributed by atoms with Crippen LogP contribution >= 0.6 is 22.9 Å². The Labute approximate surface area is 216 Å². The van der Waals surface area contributed by atoms with Crippen LogP contribution in [0.25, 0.3) is 10.9 Å². The van der Waals surface area contributed by atoms with Crippen LogP contribution in [-0.4, -0.2) is 76.0 Å². The molecule has 2 aliphatic rings. The van der Waals surface area contributed by atoms with Crippen molar-refractivity contribution in [2.45, 2.75) is 37.4 Å². The average molecular weight is 531 g/mol. The molecule has 190 valence electrons. The summed E-state index contributed by atoms with van der Waals surface area (Å²) >= 11 is 7.40. The van der Waals surface area contributed by atoms with E-state index in [1.807, 2.05) is 7.05 Å². The van der Waals surface area contributed by atoms with Crippen molar-refractivity contribution in [1.82, 2.24) is 30.8 Å². The number of amides is 2. The van der Waals surface area contributed by atoms with Gasteiger partial charge in [0.15, 0.2) is 5.01 Å². The fraction of sp³-hybridized carbons (Fsp3) is 0.417. The molecule has 0 aliphatic carbocycles. The van der Waals surface area contributed by atoms with Crippen molar-refractivity contribution in [3.05, 3.63) is 50.6 Å². The van der Waals surface area contributed by atoms with Crippen LogP contribution in [0.2, 0.25) is 5.02 Å². The van der Waals surface area contributed by atoms with Crippen LogP contribution in [0.5, 0.6) is 0 Å². The van der Waals surface area contributed by atoms with E-state index in [-0.39, 0.29) is 18.9 Å². The van der Waals surface area contributed by atoms with Crippen molar-refractivity contribution in [3.63, 3.8) is 0 Å². The third kappa shape index (κ3) is 4.96. The maximum atomic E-state index is 13.3. The summed E-state index contributed by atoms with van der Waals surface area (Å²) in [6.45, 7) is 2.38. The molecule has 0 spiro atoms. The van der Waals surface area contributed by atoms with Crippen molar-refractivity contribution in [1.29, 1.82) is 0 Å². The van der Waals surface area contributed by atoms with Crippen molar-refractivity contribution in [3.8, 4) is 0 Å². The number of carbonyl (C=O) groups is 3. The van der Waals surface area contributed by atoms with Crippen LogP contribution in [0.4, 0.5) is 0 Å². The first-order valence-electron chi connectivity index (χ1n) is 11.7. The standard InChI is InChI=1S/C24H27ClN6O4S/c1-31-7-5-16-18(11-31)36-23(28-16)22(35)30-24(10-20(32)33)12-26-6-4-19(24)29-21(34)17-9-13-8-14(25)2-3-15(13)27-17/h2-3,8-9,19,26-27H,4-7,10-12H2,1H3,(H,29,34)(H,30,35)(H,32,33)/t19-,24+/m0/s1. The molecule has 5 N–H and O–H groups in total. The van der Waals surface area contributed by atoms with E-state index >= 15 is 0 Å². The normalized spacial score (nSPS) is 22.2.